The molecule has 2 aromatic heterocycles. The van der Waals surface area contributed by atoms with Crippen molar-refractivity contribution < 1.29 is 9.59 Å². The maximum absolute atomic E-state index is 12.0. The fraction of sp³-hybridized carbons (Fsp3) is 0.200. The van der Waals surface area contributed by atoms with Crippen LogP contribution in [0.5, 0.6) is 0 Å². The maximum atomic E-state index is 12.0. The summed E-state index contributed by atoms with van der Waals surface area (Å²) in [6, 6.07) is 7.57. The van der Waals surface area contributed by atoms with Crippen LogP contribution in [0.15, 0.2) is 32.9 Å². The van der Waals surface area contributed by atoms with Gasteiger partial charge in [0.05, 0.1) is 11.5 Å². The number of hydrogen-bond acceptors (Lipinski definition) is 11. The number of anilines is 3. The third-order valence-corrected chi connectivity index (χ3v) is 6.92. The van der Waals surface area contributed by atoms with Gasteiger partial charge in [-0.2, -0.15) is 0 Å². The summed E-state index contributed by atoms with van der Waals surface area (Å²) in [7, 11) is 0. The Balaban J connectivity index is 1.41. The zero-order chi connectivity index (χ0) is 19.9. The predicted octanol–water partition coefficient (Wildman–Crippen LogP) is 2.74. The Kier molecular flexibility index (Phi) is 7.19. The first kappa shape index (κ1) is 20.5. The summed E-state index contributed by atoms with van der Waals surface area (Å²) in [6.07, 6.45) is 0. The molecule has 0 fully saturated rings. The molecular formula is C15H15N7O2S4. The van der Waals surface area contributed by atoms with Gasteiger partial charge in [0.25, 0.3) is 0 Å². The van der Waals surface area contributed by atoms with Crippen LogP contribution in [0, 0.1) is 6.92 Å². The van der Waals surface area contributed by atoms with E-state index in [4.69, 9.17) is 5.73 Å². The Hall–Kier alpha value is -2.22. The average Bonchev–Trinajstić information content (AvgIpc) is 3.29. The average molecular weight is 454 g/mol. The number of rotatable bonds is 8. The molecule has 28 heavy (non-hydrogen) atoms. The second-order valence-corrected chi connectivity index (χ2v) is 9.75. The highest BCUT2D eigenvalue weighted by molar-refractivity contribution is 8.02. The van der Waals surface area contributed by atoms with Crippen LogP contribution in [0.1, 0.15) is 5.56 Å². The molecule has 2 amide bonds. The Morgan fingerprint density at radius 2 is 1.54 bits per heavy atom. The summed E-state index contributed by atoms with van der Waals surface area (Å²) in [5.41, 5.74) is 7.37. The van der Waals surface area contributed by atoms with E-state index in [0.29, 0.717) is 18.9 Å². The number of hydrogen-bond donors (Lipinski definition) is 3. The highest BCUT2D eigenvalue weighted by Gasteiger charge is 2.12. The quantitative estimate of drug-likeness (QED) is 0.347. The summed E-state index contributed by atoms with van der Waals surface area (Å²) in [5.74, 6) is -0.00796. The first-order valence-corrected chi connectivity index (χ1v) is 11.4. The molecule has 0 aliphatic heterocycles. The van der Waals surface area contributed by atoms with Crippen molar-refractivity contribution in [2.24, 2.45) is 0 Å². The van der Waals surface area contributed by atoms with Crippen molar-refractivity contribution in [2.45, 2.75) is 15.6 Å². The molecule has 0 spiro atoms. The molecule has 3 aromatic rings. The third-order valence-electron chi connectivity index (χ3n) is 3.06. The van der Waals surface area contributed by atoms with Gasteiger partial charge in [0.2, 0.25) is 22.1 Å². The zero-order valence-electron chi connectivity index (χ0n) is 14.5. The second-order valence-electron chi connectivity index (χ2n) is 5.32. The number of benzene rings is 1. The molecule has 0 saturated heterocycles. The minimum absolute atomic E-state index is 0.137. The number of amides is 2. The Morgan fingerprint density at radius 3 is 2.18 bits per heavy atom. The second kappa shape index (κ2) is 9.82. The van der Waals surface area contributed by atoms with E-state index in [-0.39, 0.29) is 23.3 Å². The normalized spacial score (nSPS) is 10.6. The molecule has 0 radical (unpaired) electrons. The lowest BCUT2D eigenvalue weighted by molar-refractivity contribution is -0.114. The van der Waals surface area contributed by atoms with E-state index in [2.05, 4.69) is 31.0 Å². The molecule has 0 atom stereocenters. The molecule has 13 heteroatoms. The number of nitrogen functional groups attached to an aromatic ring is 1. The number of nitrogens with one attached hydrogen (secondary N) is 2. The van der Waals surface area contributed by atoms with Crippen molar-refractivity contribution in [2.75, 3.05) is 27.9 Å². The van der Waals surface area contributed by atoms with Crippen LogP contribution < -0.4 is 16.4 Å². The highest BCUT2D eigenvalue weighted by Crippen LogP contribution is 2.27. The van der Waals surface area contributed by atoms with Crippen LogP contribution in [0.2, 0.25) is 0 Å². The SMILES string of the molecule is Cc1ccc(NC(=O)CSc2nnc(NC(=O)CSc3nnc(N)s3)s2)cc1. The van der Waals surface area contributed by atoms with Gasteiger partial charge in [0.1, 0.15) is 0 Å². The van der Waals surface area contributed by atoms with E-state index < -0.39 is 0 Å². The van der Waals surface area contributed by atoms with Crippen LogP contribution in [0.3, 0.4) is 0 Å². The predicted molar refractivity (Wildman–Crippen MR) is 114 cm³/mol. The highest BCUT2D eigenvalue weighted by atomic mass is 32.2. The molecule has 9 nitrogen and oxygen atoms in total. The third kappa shape index (κ3) is 6.44. The molecule has 0 aliphatic carbocycles. The molecule has 0 unspecified atom stereocenters. The van der Waals surface area contributed by atoms with Crippen molar-refractivity contribution >= 4 is 74.0 Å². The van der Waals surface area contributed by atoms with Crippen molar-refractivity contribution in [1.29, 1.82) is 0 Å². The lowest BCUT2D eigenvalue weighted by Crippen LogP contribution is -2.13. The molecule has 0 saturated carbocycles. The largest absolute Gasteiger partial charge is 0.374 e. The van der Waals surface area contributed by atoms with Crippen LogP contribution >= 0.6 is 46.2 Å². The molecule has 4 N–H and O–H groups in total. The minimum Gasteiger partial charge on any atom is -0.374 e. The smallest absolute Gasteiger partial charge is 0.236 e. The monoisotopic (exact) mass is 453 g/mol. The lowest BCUT2D eigenvalue weighted by Gasteiger charge is -2.04. The lowest BCUT2D eigenvalue weighted by atomic mass is 10.2. The van der Waals surface area contributed by atoms with E-state index in [1.54, 1.807) is 0 Å². The molecule has 1 aromatic carbocycles. The van der Waals surface area contributed by atoms with Gasteiger partial charge >= 0.3 is 0 Å². The fourth-order valence-corrected chi connectivity index (χ4v) is 4.85. The fourth-order valence-electron chi connectivity index (χ4n) is 1.84. The summed E-state index contributed by atoms with van der Waals surface area (Å²) in [4.78, 5) is 24.0. The van der Waals surface area contributed by atoms with Gasteiger partial charge in [-0.15, -0.1) is 20.4 Å². The maximum Gasteiger partial charge on any atom is 0.236 e. The summed E-state index contributed by atoms with van der Waals surface area (Å²) in [6.45, 7) is 1.98. The van der Waals surface area contributed by atoms with Crippen molar-refractivity contribution in [3.63, 3.8) is 0 Å². The van der Waals surface area contributed by atoms with Crippen molar-refractivity contribution in [3.8, 4) is 0 Å². The van der Waals surface area contributed by atoms with E-state index in [0.717, 1.165) is 11.3 Å². The Labute approximate surface area is 176 Å². The molecular weight excluding hydrogens is 438 g/mol. The number of nitrogens with two attached hydrogens (primary N) is 1. The van der Waals surface area contributed by atoms with Gasteiger partial charge in [-0.25, -0.2) is 0 Å². The number of nitrogens with zero attached hydrogens (tertiary/aromatic N) is 4. The number of carbonyl (C=O) groups excluding carboxylic acids is 2. The molecule has 3 rings (SSSR count). The van der Waals surface area contributed by atoms with Gasteiger partial charge in [-0.05, 0) is 19.1 Å². The summed E-state index contributed by atoms with van der Waals surface area (Å²) >= 11 is 4.93. The first-order valence-electron chi connectivity index (χ1n) is 7.82. The van der Waals surface area contributed by atoms with E-state index in [1.165, 1.54) is 46.2 Å². The van der Waals surface area contributed by atoms with E-state index in [1.807, 2.05) is 31.2 Å². The van der Waals surface area contributed by atoms with Crippen LogP contribution in [0.4, 0.5) is 16.0 Å². The topological polar surface area (TPSA) is 136 Å². The molecule has 0 bridgehead atoms. The van der Waals surface area contributed by atoms with Crippen molar-refractivity contribution in [3.05, 3.63) is 29.8 Å². The molecule has 0 aliphatic rings. The standard InChI is InChI=1S/C15H15N7O2S4/c1-8-2-4-9(5-3-8)17-10(23)6-26-15-22-20-13(28-15)18-11(24)7-25-14-21-19-12(16)27-14/h2-5H,6-7H2,1H3,(H2,16,19)(H,17,23)(H,18,20,24). The van der Waals surface area contributed by atoms with Gasteiger partial charge < -0.3 is 11.1 Å². The summed E-state index contributed by atoms with van der Waals surface area (Å²) < 4.78 is 1.22. The number of aryl methyl sites for hydroxylation is 1. The van der Waals surface area contributed by atoms with Crippen LogP contribution in [-0.2, 0) is 9.59 Å². The van der Waals surface area contributed by atoms with E-state index >= 15 is 0 Å². The number of aromatic nitrogens is 4. The Morgan fingerprint density at radius 1 is 0.929 bits per heavy atom. The number of thioether (sulfide) groups is 2. The molecule has 146 valence electrons. The van der Waals surface area contributed by atoms with Gasteiger partial charge in [0.15, 0.2) is 8.68 Å². The van der Waals surface area contributed by atoms with E-state index in [9.17, 15) is 9.59 Å². The summed E-state index contributed by atoms with van der Waals surface area (Å²) in [5, 5.41) is 21.6. The minimum atomic E-state index is -0.233. The first-order chi connectivity index (χ1) is 13.5. The zero-order valence-corrected chi connectivity index (χ0v) is 17.8. The number of carbonyl (C=O) groups is 2. The van der Waals surface area contributed by atoms with Crippen molar-refractivity contribution in [1.82, 2.24) is 20.4 Å². The van der Waals surface area contributed by atoms with Gasteiger partial charge in [-0.1, -0.05) is 63.9 Å². The van der Waals surface area contributed by atoms with Crippen LogP contribution in [0.25, 0.3) is 0 Å². The van der Waals surface area contributed by atoms with Crippen LogP contribution in [-0.4, -0.2) is 43.7 Å². The van der Waals surface area contributed by atoms with Gasteiger partial charge in [0, 0.05) is 5.69 Å². The molecule has 2 heterocycles. The van der Waals surface area contributed by atoms with Gasteiger partial charge in [-0.3, -0.25) is 14.9 Å². The Bertz CT molecular complexity index is 957.